The molecule has 2 saturated heterocycles. The van der Waals surface area contributed by atoms with Crippen molar-refractivity contribution in [3.8, 4) is 0 Å². The molecule has 1 aromatic heterocycles. The summed E-state index contributed by atoms with van der Waals surface area (Å²) < 4.78 is 0. The van der Waals surface area contributed by atoms with Crippen LogP contribution in [-0.2, 0) is 16.1 Å². The number of aromatic nitrogens is 1. The third-order valence-corrected chi connectivity index (χ3v) is 6.67. The Morgan fingerprint density at radius 2 is 1.92 bits per heavy atom. The van der Waals surface area contributed by atoms with Crippen molar-refractivity contribution in [2.45, 2.75) is 51.3 Å². The van der Waals surface area contributed by atoms with Crippen molar-refractivity contribution in [2.24, 2.45) is 5.41 Å². The van der Waals surface area contributed by atoms with Crippen molar-refractivity contribution in [1.82, 2.24) is 14.8 Å². The number of hydrogen-bond acceptors (Lipinski definition) is 4. The van der Waals surface area contributed by atoms with Gasteiger partial charge in [0, 0.05) is 45.0 Å². The molecule has 2 aliphatic rings. The van der Waals surface area contributed by atoms with Crippen molar-refractivity contribution < 1.29 is 9.59 Å². The first-order valence-corrected chi connectivity index (χ1v) is 10.6. The van der Waals surface area contributed by atoms with E-state index in [4.69, 9.17) is 0 Å². The summed E-state index contributed by atoms with van der Waals surface area (Å²) in [4.78, 5) is 32.8. The summed E-state index contributed by atoms with van der Waals surface area (Å²) in [6, 6.07) is 3.95. The fraction of sp³-hybridized carbons (Fsp3) is 0.650. The maximum Gasteiger partial charge on any atom is 0.232 e. The van der Waals surface area contributed by atoms with Gasteiger partial charge in [-0.1, -0.05) is 13.8 Å². The molecule has 142 valence electrons. The number of pyridine rings is 1. The first kappa shape index (κ1) is 19.2. The minimum atomic E-state index is 0.183. The van der Waals surface area contributed by atoms with E-state index in [1.807, 2.05) is 21.9 Å². The van der Waals surface area contributed by atoms with Gasteiger partial charge in [-0.3, -0.25) is 14.6 Å². The summed E-state index contributed by atoms with van der Waals surface area (Å²) in [5.41, 5.74) is 1.31. The highest BCUT2D eigenvalue weighted by atomic mass is 32.2. The van der Waals surface area contributed by atoms with Crippen LogP contribution in [0.15, 0.2) is 24.5 Å². The molecule has 0 aromatic carbocycles. The third kappa shape index (κ3) is 4.78. The van der Waals surface area contributed by atoms with Crippen LogP contribution in [-0.4, -0.2) is 57.2 Å². The second-order valence-corrected chi connectivity index (χ2v) is 9.41. The summed E-state index contributed by atoms with van der Waals surface area (Å²) in [6.07, 6.45) is 7.15. The van der Waals surface area contributed by atoms with E-state index in [0.29, 0.717) is 24.0 Å². The molecule has 0 aliphatic carbocycles. The van der Waals surface area contributed by atoms with Gasteiger partial charge in [-0.2, -0.15) is 0 Å². The van der Waals surface area contributed by atoms with E-state index in [9.17, 15) is 9.59 Å². The fourth-order valence-electron chi connectivity index (χ4n) is 3.92. The number of amides is 2. The number of piperidine rings is 2. The van der Waals surface area contributed by atoms with Gasteiger partial charge in [0.2, 0.25) is 11.8 Å². The normalized spacial score (nSPS) is 20.0. The maximum absolute atomic E-state index is 12.4. The van der Waals surface area contributed by atoms with Crippen LogP contribution >= 0.6 is 11.8 Å². The first-order valence-electron chi connectivity index (χ1n) is 9.53. The SMILES string of the molecule is CC(C)SCC(=O)N1CCC2(CCC(=O)N(Cc3ccncc3)C2)CC1. The van der Waals surface area contributed by atoms with Crippen molar-refractivity contribution in [1.29, 1.82) is 0 Å². The first-order chi connectivity index (χ1) is 12.5. The smallest absolute Gasteiger partial charge is 0.232 e. The molecule has 5 nitrogen and oxygen atoms in total. The monoisotopic (exact) mass is 375 g/mol. The lowest BCUT2D eigenvalue weighted by Gasteiger charge is -2.47. The van der Waals surface area contributed by atoms with Gasteiger partial charge < -0.3 is 9.80 Å². The second-order valence-electron chi connectivity index (χ2n) is 7.85. The number of likely N-dealkylation sites (tertiary alicyclic amines) is 2. The minimum absolute atomic E-state index is 0.183. The summed E-state index contributed by atoms with van der Waals surface area (Å²) in [7, 11) is 0. The molecule has 2 amide bonds. The molecule has 0 unspecified atom stereocenters. The molecule has 0 bridgehead atoms. The molecule has 1 aromatic rings. The Labute approximate surface area is 160 Å². The van der Waals surface area contributed by atoms with Gasteiger partial charge in [0.1, 0.15) is 0 Å². The van der Waals surface area contributed by atoms with Gasteiger partial charge in [0.15, 0.2) is 0 Å². The Morgan fingerprint density at radius 1 is 1.23 bits per heavy atom. The van der Waals surface area contributed by atoms with Crippen LogP contribution in [0.5, 0.6) is 0 Å². The highest BCUT2D eigenvalue weighted by Crippen LogP contribution is 2.40. The van der Waals surface area contributed by atoms with E-state index in [2.05, 4.69) is 18.8 Å². The molecule has 3 rings (SSSR count). The molecule has 0 N–H and O–H groups in total. The number of hydrogen-bond donors (Lipinski definition) is 0. The van der Waals surface area contributed by atoms with E-state index in [1.165, 1.54) is 0 Å². The second kappa shape index (κ2) is 8.42. The lowest BCUT2D eigenvalue weighted by atomic mass is 9.72. The van der Waals surface area contributed by atoms with E-state index in [-0.39, 0.29) is 17.2 Å². The highest BCUT2D eigenvalue weighted by Gasteiger charge is 2.41. The van der Waals surface area contributed by atoms with Gasteiger partial charge in [0.05, 0.1) is 5.75 Å². The lowest BCUT2D eigenvalue weighted by molar-refractivity contribution is -0.142. The number of thioether (sulfide) groups is 1. The molecule has 0 saturated carbocycles. The molecular formula is C20H29N3O2S. The Bertz CT molecular complexity index is 627. The zero-order valence-corrected chi connectivity index (χ0v) is 16.6. The molecule has 0 atom stereocenters. The Balaban J connectivity index is 1.56. The highest BCUT2D eigenvalue weighted by molar-refractivity contribution is 8.00. The van der Waals surface area contributed by atoms with Gasteiger partial charge in [0.25, 0.3) is 0 Å². The Morgan fingerprint density at radius 3 is 2.58 bits per heavy atom. The molecule has 1 spiro atoms. The van der Waals surface area contributed by atoms with E-state index >= 15 is 0 Å². The Kier molecular flexibility index (Phi) is 6.22. The summed E-state index contributed by atoms with van der Waals surface area (Å²) in [5.74, 6) is 1.09. The molecule has 6 heteroatoms. The predicted octanol–water partition coefficient (Wildman–Crippen LogP) is 2.95. The molecule has 3 heterocycles. The van der Waals surface area contributed by atoms with Gasteiger partial charge in [-0.15, -0.1) is 11.8 Å². The van der Waals surface area contributed by atoms with Gasteiger partial charge >= 0.3 is 0 Å². The Hall–Kier alpha value is -1.56. The minimum Gasteiger partial charge on any atom is -0.342 e. The standard InChI is InChI=1S/C20H29N3O2S/c1-16(2)26-14-19(25)22-11-7-20(8-12-22)6-3-18(24)23(15-20)13-17-4-9-21-10-5-17/h4-5,9-10,16H,3,6-8,11-15H2,1-2H3. The topological polar surface area (TPSA) is 53.5 Å². The molecule has 0 radical (unpaired) electrons. The number of carbonyl (C=O) groups is 2. The van der Waals surface area contributed by atoms with Crippen molar-refractivity contribution in [2.75, 3.05) is 25.4 Å². The molecule has 2 aliphatic heterocycles. The third-order valence-electron chi connectivity index (χ3n) is 5.59. The van der Waals surface area contributed by atoms with E-state index < -0.39 is 0 Å². The number of rotatable bonds is 5. The summed E-state index contributed by atoms with van der Waals surface area (Å²) in [5, 5.41) is 0.487. The number of nitrogens with zero attached hydrogens (tertiary/aromatic N) is 3. The van der Waals surface area contributed by atoms with Crippen molar-refractivity contribution in [3.05, 3.63) is 30.1 Å². The van der Waals surface area contributed by atoms with Gasteiger partial charge in [-0.05, 0) is 47.6 Å². The van der Waals surface area contributed by atoms with Gasteiger partial charge in [-0.25, -0.2) is 0 Å². The fourth-order valence-corrected chi connectivity index (χ4v) is 4.58. The average Bonchev–Trinajstić information content (AvgIpc) is 2.64. The van der Waals surface area contributed by atoms with E-state index in [1.54, 1.807) is 24.2 Å². The van der Waals surface area contributed by atoms with E-state index in [0.717, 1.165) is 44.5 Å². The van der Waals surface area contributed by atoms with Crippen LogP contribution in [0.4, 0.5) is 0 Å². The lowest BCUT2D eigenvalue weighted by Crippen LogP contribution is -2.52. The average molecular weight is 376 g/mol. The maximum atomic E-state index is 12.4. The van der Waals surface area contributed by atoms with Crippen LogP contribution in [0.25, 0.3) is 0 Å². The van der Waals surface area contributed by atoms with Crippen molar-refractivity contribution >= 4 is 23.6 Å². The quantitative estimate of drug-likeness (QED) is 0.794. The summed E-state index contributed by atoms with van der Waals surface area (Å²) >= 11 is 1.71. The van der Waals surface area contributed by atoms with Crippen LogP contribution in [0.1, 0.15) is 45.1 Å². The number of carbonyl (C=O) groups excluding carboxylic acids is 2. The predicted molar refractivity (Wildman–Crippen MR) is 105 cm³/mol. The largest absolute Gasteiger partial charge is 0.342 e. The summed E-state index contributed by atoms with van der Waals surface area (Å²) in [6.45, 7) is 7.39. The van der Waals surface area contributed by atoms with Crippen LogP contribution in [0.3, 0.4) is 0 Å². The zero-order chi connectivity index (χ0) is 18.6. The van der Waals surface area contributed by atoms with Crippen LogP contribution < -0.4 is 0 Å². The van der Waals surface area contributed by atoms with Crippen LogP contribution in [0, 0.1) is 5.41 Å². The van der Waals surface area contributed by atoms with Crippen molar-refractivity contribution in [3.63, 3.8) is 0 Å². The zero-order valence-electron chi connectivity index (χ0n) is 15.8. The van der Waals surface area contributed by atoms with Crippen LogP contribution in [0.2, 0.25) is 0 Å². The molecule has 2 fully saturated rings. The molecular weight excluding hydrogens is 346 g/mol. The molecule has 26 heavy (non-hydrogen) atoms.